The summed E-state index contributed by atoms with van der Waals surface area (Å²) in [6.07, 6.45) is 4.26. The van der Waals surface area contributed by atoms with Crippen LogP contribution in [0.1, 0.15) is 29.9 Å². The van der Waals surface area contributed by atoms with Crippen molar-refractivity contribution >= 4 is 27.6 Å². The zero-order chi connectivity index (χ0) is 21.9. The van der Waals surface area contributed by atoms with Crippen LogP contribution in [0, 0.1) is 6.92 Å². The number of aromatic nitrogens is 4. The molecular formula is C25H28N6O. The number of anilines is 1. The van der Waals surface area contributed by atoms with Gasteiger partial charge in [0.1, 0.15) is 11.8 Å². The van der Waals surface area contributed by atoms with E-state index in [4.69, 9.17) is 9.72 Å². The van der Waals surface area contributed by atoms with Gasteiger partial charge in [-0.2, -0.15) is 0 Å². The minimum atomic E-state index is -0.0258. The quantitative estimate of drug-likeness (QED) is 0.499. The van der Waals surface area contributed by atoms with E-state index < -0.39 is 0 Å². The summed E-state index contributed by atoms with van der Waals surface area (Å²) >= 11 is 0. The number of aryl methyl sites for hydroxylation is 1. The highest BCUT2D eigenvalue weighted by Gasteiger charge is 2.17. The Bertz CT molecular complexity index is 1230. The van der Waals surface area contributed by atoms with Crippen LogP contribution in [-0.2, 0) is 11.2 Å². The lowest BCUT2D eigenvalue weighted by Crippen LogP contribution is -2.37. The van der Waals surface area contributed by atoms with E-state index in [1.807, 2.05) is 12.1 Å². The molecule has 0 radical (unpaired) electrons. The molecule has 0 bridgehead atoms. The van der Waals surface area contributed by atoms with Crippen LogP contribution >= 0.6 is 0 Å². The van der Waals surface area contributed by atoms with Gasteiger partial charge in [-0.1, -0.05) is 18.2 Å². The number of morpholine rings is 1. The molecule has 7 nitrogen and oxygen atoms in total. The second kappa shape index (κ2) is 9.14. The predicted molar refractivity (Wildman–Crippen MR) is 127 cm³/mol. The molecule has 3 aromatic heterocycles. The third kappa shape index (κ3) is 4.26. The zero-order valence-corrected chi connectivity index (χ0v) is 18.6. The number of benzene rings is 1. The topological polar surface area (TPSA) is 76.1 Å². The van der Waals surface area contributed by atoms with Crippen LogP contribution < -0.4 is 5.32 Å². The lowest BCUT2D eigenvalue weighted by Gasteiger charge is -2.26. The van der Waals surface area contributed by atoms with Crippen LogP contribution in [0.2, 0.25) is 0 Å². The first-order valence-electron chi connectivity index (χ1n) is 11.2. The Balaban J connectivity index is 1.46. The van der Waals surface area contributed by atoms with Crippen molar-refractivity contribution in [3.63, 3.8) is 0 Å². The molecule has 0 saturated carbocycles. The molecule has 0 spiro atoms. The van der Waals surface area contributed by atoms with Crippen molar-refractivity contribution in [3.05, 3.63) is 65.9 Å². The first-order chi connectivity index (χ1) is 15.7. The largest absolute Gasteiger partial charge is 0.379 e. The summed E-state index contributed by atoms with van der Waals surface area (Å²) in [4.78, 5) is 20.8. The van der Waals surface area contributed by atoms with Crippen molar-refractivity contribution in [2.24, 2.45) is 0 Å². The molecule has 0 aliphatic carbocycles. The molecule has 5 rings (SSSR count). The lowest BCUT2D eigenvalue weighted by atomic mass is 10.00. The number of hydrogen-bond donors (Lipinski definition) is 1. The first-order valence-corrected chi connectivity index (χ1v) is 11.2. The fourth-order valence-corrected chi connectivity index (χ4v) is 4.38. The van der Waals surface area contributed by atoms with Crippen LogP contribution in [-0.4, -0.2) is 57.7 Å². The molecule has 1 N–H and O–H groups in total. The molecule has 7 heteroatoms. The lowest BCUT2D eigenvalue weighted by molar-refractivity contribution is 0.0384. The second-order valence-corrected chi connectivity index (χ2v) is 8.33. The molecule has 1 aliphatic rings. The summed E-state index contributed by atoms with van der Waals surface area (Å²) < 4.78 is 5.50. The highest BCUT2D eigenvalue weighted by atomic mass is 16.5. The zero-order valence-electron chi connectivity index (χ0n) is 18.6. The molecule has 1 aromatic carbocycles. The molecule has 1 aliphatic heterocycles. The third-order valence-electron chi connectivity index (χ3n) is 6.12. The van der Waals surface area contributed by atoms with Gasteiger partial charge in [0, 0.05) is 37.6 Å². The summed E-state index contributed by atoms with van der Waals surface area (Å²) in [5.74, 6) is 0.726. The van der Waals surface area contributed by atoms with Gasteiger partial charge in [-0.15, -0.1) is 0 Å². The van der Waals surface area contributed by atoms with E-state index in [2.05, 4.69) is 63.3 Å². The van der Waals surface area contributed by atoms with E-state index in [0.29, 0.717) is 0 Å². The fraction of sp³-hybridized carbons (Fsp3) is 0.360. The van der Waals surface area contributed by atoms with Gasteiger partial charge < -0.3 is 10.1 Å². The first kappa shape index (κ1) is 20.7. The monoisotopic (exact) mass is 428 g/mol. The normalized spacial score (nSPS) is 15.8. The standard InChI is InChI=1S/C25H28N6O/c1-17-5-3-6-19-15-22(30-20(23(17)19)8-10-31-11-13-32-14-12-31)18(2)29-25-24-21(27-16-28-25)7-4-9-26-24/h3-7,9,15-16,18H,8,10-14H2,1-2H3,(H,27,28,29)/t18-/m0/s1. The maximum Gasteiger partial charge on any atom is 0.156 e. The smallest absolute Gasteiger partial charge is 0.156 e. The van der Waals surface area contributed by atoms with Gasteiger partial charge >= 0.3 is 0 Å². The fourth-order valence-electron chi connectivity index (χ4n) is 4.38. The van der Waals surface area contributed by atoms with Crippen molar-refractivity contribution in [1.82, 2.24) is 24.8 Å². The Morgan fingerprint density at radius 2 is 1.97 bits per heavy atom. The van der Waals surface area contributed by atoms with Gasteiger partial charge in [0.05, 0.1) is 36.2 Å². The van der Waals surface area contributed by atoms with E-state index in [1.54, 1.807) is 12.5 Å². The van der Waals surface area contributed by atoms with Crippen LogP contribution in [0.4, 0.5) is 5.82 Å². The predicted octanol–water partition coefficient (Wildman–Crippen LogP) is 3.93. The number of pyridine rings is 2. The van der Waals surface area contributed by atoms with E-state index in [-0.39, 0.29) is 6.04 Å². The number of hydrogen-bond acceptors (Lipinski definition) is 7. The van der Waals surface area contributed by atoms with E-state index >= 15 is 0 Å². The van der Waals surface area contributed by atoms with Crippen molar-refractivity contribution in [2.75, 3.05) is 38.2 Å². The van der Waals surface area contributed by atoms with Gasteiger partial charge in [-0.25, -0.2) is 9.97 Å². The van der Waals surface area contributed by atoms with Crippen LogP contribution in [0.5, 0.6) is 0 Å². The third-order valence-corrected chi connectivity index (χ3v) is 6.12. The van der Waals surface area contributed by atoms with Gasteiger partial charge in [0.15, 0.2) is 5.82 Å². The molecule has 0 amide bonds. The van der Waals surface area contributed by atoms with Gasteiger partial charge in [0.25, 0.3) is 0 Å². The van der Waals surface area contributed by atoms with Crippen molar-refractivity contribution in [3.8, 4) is 0 Å². The Hall–Kier alpha value is -3.16. The molecule has 1 fully saturated rings. The Morgan fingerprint density at radius 1 is 1.09 bits per heavy atom. The molecule has 1 atom stereocenters. The minimum absolute atomic E-state index is 0.0258. The van der Waals surface area contributed by atoms with Crippen molar-refractivity contribution < 1.29 is 4.74 Å². The summed E-state index contributed by atoms with van der Waals surface area (Å²) in [7, 11) is 0. The molecule has 4 heterocycles. The molecular weight excluding hydrogens is 400 g/mol. The average molecular weight is 429 g/mol. The summed E-state index contributed by atoms with van der Waals surface area (Å²) in [6.45, 7) is 8.88. The number of rotatable bonds is 6. The van der Waals surface area contributed by atoms with Crippen molar-refractivity contribution in [2.45, 2.75) is 26.3 Å². The summed E-state index contributed by atoms with van der Waals surface area (Å²) in [6, 6.07) is 12.5. The number of fused-ring (bicyclic) bond motifs is 2. The van der Waals surface area contributed by atoms with Crippen LogP contribution in [0.15, 0.2) is 48.9 Å². The Morgan fingerprint density at radius 3 is 2.84 bits per heavy atom. The summed E-state index contributed by atoms with van der Waals surface area (Å²) in [5.41, 5.74) is 5.02. The average Bonchev–Trinajstić information content (AvgIpc) is 2.83. The second-order valence-electron chi connectivity index (χ2n) is 8.33. The van der Waals surface area contributed by atoms with E-state index in [9.17, 15) is 0 Å². The highest BCUT2D eigenvalue weighted by Crippen LogP contribution is 2.27. The Kier molecular flexibility index (Phi) is 5.92. The maximum atomic E-state index is 5.50. The molecule has 32 heavy (non-hydrogen) atoms. The Labute approximate surface area is 187 Å². The molecule has 164 valence electrons. The number of ether oxygens (including phenoxy) is 1. The maximum absolute atomic E-state index is 5.50. The van der Waals surface area contributed by atoms with Gasteiger partial charge in [0.2, 0.25) is 0 Å². The van der Waals surface area contributed by atoms with E-state index in [0.717, 1.165) is 67.5 Å². The van der Waals surface area contributed by atoms with Crippen LogP contribution in [0.3, 0.4) is 0 Å². The van der Waals surface area contributed by atoms with Crippen LogP contribution in [0.25, 0.3) is 21.8 Å². The molecule has 1 saturated heterocycles. The van der Waals surface area contributed by atoms with Gasteiger partial charge in [-0.3, -0.25) is 14.9 Å². The number of nitrogens with one attached hydrogen (secondary N) is 1. The van der Waals surface area contributed by atoms with Crippen molar-refractivity contribution in [1.29, 1.82) is 0 Å². The summed E-state index contributed by atoms with van der Waals surface area (Å²) in [5, 5.41) is 6.01. The minimum Gasteiger partial charge on any atom is -0.379 e. The molecule has 0 unspecified atom stereocenters. The van der Waals surface area contributed by atoms with E-state index in [1.165, 1.54) is 16.3 Å². The van der Waals surface area contributed by atoms with Gasteiger partial charge in [-0.05, 0) is 43.0 Å². The highest BCUT2D eigenvalue weighted by molar-refractivity contribution is 5.88. The molecule has 4 aromatic rings. The SMILES string of the molecule is Cc1cccc2cc([C@H](C)Nc3ncnc4cccnc34)nc(CCN3CCOCC3)c12. The number of nitrogens with zero attached hydrogens (tertiary/aromatic N) is 5.